The van der Waals surface area contributed by atoms with Gasteiger partial charge in [-0.25, -0.2) is 0 Å². The highest BCUT2D eigenvalue weighted by molar-refractivity contribution is 5.93. The van der Waals surface area contributed by atoms with Crippen LogP contribution in [0.5, 0.6) is 17.2 Å². The molecule has 0 fully saturated rings. The second kappa shape index (κ2) is 10.7. The number of para-hydroxylation sites is 2. The van der Waals surface area contributed by atoms with E-state index >= 15 is 0 Å². The van der Waals surface area contributed by atoms with Crippen LogP contribution in [0.25, 0.3) is 0 Å². The largest absolute Gasteiger partial charge is 0.493 e. The number of hydrogen-bond acceptors (Lipinski definition) is 4. The third kappa shape index (κ3) is 5.62. The van der Waals surface area contributed by atoms with Crippen LogP contribution in [0.3, 0.4) is 0 Å². The first-order valence-corrected chi connectivity index (χ1v) is 9.78. The molecule has 30 heavy (non-hydrogen) atoms. The van der Waals surface area contributed by atoms with Crippen molar-refractivity contribution >= 4 is 11.6 Å². The van der Waals surface area contributed by atoms with E-state index in [0.717, 1.165) is 17.7 Å². The minimum atomic E-state index is -0.122. The van der Waals surface area contributed by atoms with E-state index in [1.807, 2.05) is 54.6 Å². The quantitative estimate of drug-likeness (QED) is 0.365. The van der Waals surface area contributed by atoms with E-state index in [1.54, 1.807) is 23.4 Å². The summed E-state index contributed by atoms with van der Waals surface area (Å²) in [5, 5.41) is 0. The molecule has 1 aromatic heterocycles. The number of amides is 1. The van der Waals surface area contributed by atoms with E-state index in [0.29, 0.717) is 36.8 Å². The third-order valence-electron chi connectivity index (χ3n) is 4.43. The maximum atomic E-state index is 12.5. The summed E-state index contributed by atoms with van der Waals surface area (Å²) in [5.41, 5.74) is 1.49. The van der Waals surface area contributed by atoms with Crippen LogP contribution in [0.1, 0.15) is 25.3 Å². The number of terminal acetylenes is 1. The van der Waals surface area contributed by atoms with Crippen molar-refractivity contribution in [2.45, 2.75) is 26.3 Å². The number of carbonyl (C=O) groups is 1. The van der Waals surface area contributed by atoms with Gasteiger partial charge in [0.1, 0.15) is 17.2 Å². The number of carbonyl (C=O) groups excluding carboxylic acids is 1. The molecule has 5 heteroatoms. The molecule has 1 heterocycles. The van der Waals surface area contributed by atoms with Gasteiger partial charge in [-0.05, 0) is 24.6 Å². The van der Waals surface area contributed by atoms with Crippen LogP contribution in [-0.2, 0) is 11.3 Å². The van der Waals surface area contributed by atoms with Crippen LogP contribution < -0.4 is 14.4 Å². The molecule has 5 nitrogen and oxygen atoms in total. The molecule has 0 atom stereocenters. The van der Waals surface area contributed by atoms with Gasteiger partial charge < -0.3 is 14.4 Å². The Morgan fingerprint density at radius 1 is 1.07 bits per heavy atom. The van der Waals surface area contributed by atoms with Crippen molar-refractivity contribution in [1.82, 2.24) is 4.98 Å². The van der Waals surface area contributed by atoms with E-state index < -0.39 is 0 Å². The summed E-state index contributed by atoms with van der Waals surface area (Å²) in [6, 6.07) is 18.9. The van der Waals surface area contributed by atoms with Crippen LogP contribution in [0, 0.1) is 12.3 Å². The molecule has 3 rings (SSSR count). The number of hydrogen-bond donors (Lipinski definition) is 0. The molecule has 152 valence electrons. The first-order valence-electron chi connectivity index (χ1n) is 9.78. The van der Waals surface area contributed by atoms with Gasteiger partial charge in [0.15, 0.2) is 5.75 Å². The SMILES string of the molecule is C#CCCCOc1ccccc1CN(C(C)=O)c1cnccc1Oc1ccccc1. The van der Waals surface area contributed by atoms with Gasteiger partial charge in [0.05, 0.1) is 19.3 Å². The average Bonchev–Trinajstić information content (AvgIpc) is 2.77. The Kier molecular flexibility index (Phi) is 7.45. The average molecular weight is 400 g/mol. The van der Waals surface area contributed by atoms with Gasteiger partial charge >= 0.3 is 0 Å². The molecule has 0 aliphatic heterocycles. The predicted octanol–water partition coefficient (Wildman–Crippen LogP) is 5.22. The summed E-state index contributed by atoms with van der Waals surface area (Å²) >= 11 is 0. The normalized spacial score (nSPS) is 10.1. The first kappa shape index (κ1) is 20.9. The topological polar surface area (TPSA) is 51.7 Å². The van der Waals surface area contributed by atoms with Gasteiger partial charge in [0, 0.05) is 31.2 Å². The summed E-state index contributed by atoms with van der Waals surface area (Å²) in [5.74, 6) is 4.46. The number of aromatic nitrogens is 1. The maximum Gasteiger partial charge on any atom is 0.224 e. The minimum Gasteiger partial charge on any atom is -0.493 e. The van der Waals surface area contributed by atoms with Gasteiger partial charge in [-0.1, -0.05) is 36.4 Å². The molecule has 1 amide bonds. The second-order valence-electron chi connectivity index (χ2n) is 6.63. The maximum absolute atomic E-state index is 12.5. The zero-order valence-corrected chi connectivity index (χ0v) is 17.0. The Balaban J connectivity index is 1.85. The van der Waals surface area contributed by atoms with Crippen LogP contribution in [0.4, 0.5) is 5.69 Å². The molecule has 0 spiro atoms. The number of ether oxygens (including phenoxy) is 2. The van der Waals surface area contributed by atoms with Gasteiger partial charge in [-0.2, -0.15) is 0 Å². The Morgan fingerprint density at radius 3 is 2.60 bits per heavy atom. The van der Waals surface area contributed by atoms with Crippen molar-refractivity contribution in [3.63, 3.8) is 0 Å². The predicted molar refractivity (Wildman–Crippen MR) is 118 cm³/mol. The van der Waals surface area contributed by atoms with Crippen molar-refractivity contribution in [2.75, 3.05) is 11.5 Å². The van der Waals surface area contributed by atoms with E-state index in [4.69, 9.17) is 15.9 Å². The Labute approximate surface area is 177 Å². The molecular formula is C25H24N2O3. The third-order valence-corrected chi connectivity index (χ3v) is 4.43. The zero-order valence-electron chi connectivity index (χ0n) is 17.0. The van der Waals surface area contributed by atoms with Crippen molar-refractivity contribution in [2.24, 2.45) is 0 Å². The summed E-state index contributed by atoms with van der Waals surface area (Å²) in [7, 11) is 0. The molecule has 0 aliphatic rings. The van der Waals surface area contributed by atoms with Crippen LogP contribution in [-0.4, -0.2) is 17.5 Å². The van der Waals surface area contributed by atoms with Gasteiger partial charge in [-0.15, -0.1) is 12.3 Å². The summed E-state index contributed by atoms with van der Waals surface area (Å²) in [6.07, 6.45) is 10.0. The lowest BCUT2D eigenvalue weighted by Gasteiger charge is -2.24. The number of anilines is 1. The lowest BCUT2D eigenvalue weighted by molar-refractivity contribution is -0.116. The smallest absolute Gasteiger partial charge is 0.224 e. The van der Waals surface area contributed by atoms with Crippen molar-refractivity contribution < 1.29 is 14.3 Å². The van der Waals surface area contributed by atoms with E-state index in [1.165, 1.54) is 6.92 Å². The molecule has 0 saturated heterocycles. The zero-order chi connectivity index (χ0) is 21.2. The number of nitrogens with zero attached hydrogens (tertiary/aromatic N) is 2. The van der Waals surface area contributed by atoms with Crippen LogP contribution in [0.15, 0.2) is 73.1 Å². The van der Waals surface area contributed by atoms with Gasteiger partial charge in [0.25, 0.3) is 0 Å². The standard InChI is InChI=1S/C25H24N2O3/c1-3-4-10-17-29-24-14-9-8-11-21(24)19-27(20(2)28)23-18-26-16-15-25(23)30-22-12-6-5-7-13-22/h1,5-9,11-16,18H,4,10,17,19H2,2H3. The molecular weight excluding hydrogens is 376 g/mol. The highest BCUT2D eigenvalue weighted by Crippen LogP contribution is 2.33. The van der Waals surface area contributed by atoms with Crippen LogP contribution >= 0.6 is 0 Å². The van der Waals surface area contributed by atoms with Crippen molar-refractivity contribution in [3.05, 3.63) is 78.6 Å². The molecule has 2 aromatic carbocycles. The highest BCUT2D eigenvalue weighted by atomic mass is 16.5. The fourth-order valence-electron chi connectivity index (χ4n) is 2.95. The lowest BCUT2D eigenvalue weighted by atomic mass is 10.1. The molecule has 3 aromatic rings. The Bertz CT molecular complexity index is 1010. The molecule has 0 aliphatic carbocycles. The lowest BCUT2D eigenvalue weighted by Crippen LogP contribution is -2.28. The minimum absolute atomic E-state index is 0.122. The number of rotatable bonds is 9. The monoisotopic (exact) mass is 400 g/mol. The number of pyridine rings is 1. The van der Waals surface area contributed by atoms with E-state index in [2.05, 4.69) is 10.9 Å². The number of benzene rings is 2. The number of unbranched alkanes of at least 4 members (excludes halogenated alkanes) is 1. The molecule has 0 N–H and O–H groups in total. The van der Waals surface area contributed by atoms with Gasteiger partial charge in [-0.3, -0.25) is 9.78 Å². The highest BCUT2D eigenvalue weighted by Gasteiger charge is 2.19. The van der Waals surface area contributed by atoms with Gasteiger partial charge in [0.2, 0.25) is 5.91 Å². The molecule has 0 radical (unpaired) electrons. The Hall–Kier alpha value is -3.78. The van der Waals surface area contributed by atoms with E-state index in [9.17, 15) is 4.79 Å². The summed E-state index contributed by atoms with van der Waals surface area (Å²) < 4.78 is 11.9. The van der Waals surface area contributed by atoms with Crippen LogP contribution in [0.2, 0.25) is 0 Å². The van der Waals surface area contributed by atoms with Crippen molar-refractivity contribution in [1.29, 1.82) is 0 Å². The molecule has 0 bridgehead atoms. The van der Waals surface area contributed by atoms with E-state index in [-0.39, 0.29) is 5.91 Å². The fraction of sp³-hybridized carbons (Fsp3) is 0.200. The molecule has 0 saturated carbocycles. The van der Waals surface area contributed by atoms with Crippen molar-refractivity contribution in [3.8, 4) is 29.6 Å². The molecule has 0 unspecified atom stereocenters. The Morgan fingerprint density at radius 2 is 1.83 bits per heavy atom. The fourth-order valence-corrected chi connectivity index (χ4v) is 2.95. The summed E-state index contributed by atoms with van der Waals surface area (Å²) in [4.78, 5) is 18.4. The second-order valence-corrected chi connectivity index (χ2v) is 6.63. The summed E-state index contributed by atoms with van der Waals surface area (Å²) in [6.45, 7) is 2.38. The first-order chi connectivity index (χ1) is 14.7.